The normalized spacial score (nSPS) is 16.8. The largest absolute Gasteiger partial charge is 0.342 e. The first-order valence-corrected chi connectivity index (χ1v) is 10.2. The molecule has 0 saturated carbocycles. The number of carbonyl (C=O) groups excluding carboxylic acids is 2. The Hall–Kier alpha value is -2.69. The zero-order valence-electron chi connectivity index (χ0n) is 16.6. The summed E-state index contributed by atoms with van der Waals surface area (Å²) < 4.78 is 0. The smallest absolute Gasteiger partial charge is 0.227 e. The van der Waals surface area contributed by atoms with Gasteiger partial charge in [-0.05, 0) is 37.0 Å². The van der Waals surface area contributed by atoms with Crippen LogP contribution in [-0.4, -0.2) is 46.2 Å². The van der Waals surface area contributed by atoms with Gasteiger partial charge in [0.05, 0.1) is 18.2 Å². The maximum Gasteiger partial charge on any atom is 0.227 e. The topological polar surface area (TPSA) is 53.5 Å². The molecule has 5 heteroatoms. The van der Waals surface area contributed by atoms with Crippen molar-refractivity contribution in [1.29, 1.82) is 0 Å². The third kappa shape index (κ3) is 5.41. The monoisotopic (exact) mass is 379 g/mol. The van der Waals surface area contributed by atoms with Crippen molar-refractivity contribution in [3.8, 4) is 0 Å². The molecule has 1 aliphatic heterocycles. The highest BCUT2D eigenvalue weighted by molar-refractivity contribution is 5.84. The molecule has 1 fully saturated rings. The summed E-state index contributed by atoms with van der Waals surface area (Å²) in [6.07, 6.45) is 4.58. The fourth-order valence-electron chi connectivity index (χ4n) is 3.72. The predicted molar refractivity (Wildman–Crippen MR) is 109 cm³/mol. The molecule has 0 spiro atoms. The first kappa shape index (κ1) is 20.1. The molecule has 2 amide bonds. The highest BCUT2D eigenvalue weighted by Gasteiger charge is 2.32. The molecule has 1 atom stereocenters. The molecule has 5 nitrogen and oxygen atoms in total. The van der Waals surface area contributed by atoms with Gasteiger partial charge in [-0.3, -0.25) is 14.6 Å². The van der Waals surface area contributed by atoms with Crippen molar-refractivity contribution in [1.82, 2.24) is 14.8 Å². The van der Waals surface area contributed by atoms with Crippen molar-refractivity contribution in [2.45, 2.75) is 39.2 Å². The van der Waals surface area contributed by atoms with Crippen molar-refractivity contribution in [3.63, 3.8) is 0 Å². The van der Waals surface area contributed by atoms with Gasteiger partial charge < -0.3 is 9.80 Å². The molecule has 1 aromatic heterocycles. The lowest BCUT2D eigenvalue weighted by Crippen LogP contribution is -2.47. The standard InChI is InChI=1S/C23H29N3O2/c1-2-15-26(18-21-10-6-7-14-24-21)23(28)20-11-12-22(27)25(17-20)16-13-19-8-4-3-5-9-19/h3-10,14,20H,2,11-13,15-18H2,1H3. The minimum atomic E-state index is -0.122. The Kier molecular flexibility index (Phi) is 7.18. The number of pyridine rings is 1. The summed E-state index contributed by atoms with van der Waals surface area (Å²) in [5, 5.41) is 0. The zero-order valence-corrected chi connectivity index (χ0v) is 16.6. The quantitative estimate of drug-likeness (QED) is 0.707. The molecule has 0 radical (unpaired) electrons. The lowest BCUT2D eigenvalue weighted by atomic mass is 9.95. The zero-order chi connectivity index (χ0) is 19.8. The van der Waals surface area contributed by atoms with Crippen LogP contribution in [0.5, 0.6) is 0 Å². The number of rotatable bonds is 8. The van der Waals surface area contributed by atoms with E-state index in [0.717, 1.165) is 18.5 Å². The van der Waals surface area contributed by atoms with Gasteiger partial charge >= 0.3 is 0 Å². The van der Waals surface area contributed by atoms with E-state index in [2.05, 4.69) is 24.0 Å². The summed E-state index contributed by atoms with van der Waals surface area (Å²) in [5.41, 5.74) is 2.11. The van der Waals surface area contributed by atoms with Crippen molar-refractivity contribution >= 4 is 11.8 Å². The Morgan fingerprint density at radius 2 is 1.96 bits per heavy atom. The van der Waals surface area contributed by atoms with Crippen molar-refractivity contribution in [2.75, 3.05) is 19.6 Å². The van der Waals surface area contributed by atoms with Crippen LogP contribution in [0.15, 0.2) is 54.7 Å². The Morgan fingerprint density at radius 3 is 2.68 bits per heavy atom. The molecular weight excluding hydrogens is 350 g/mol. The fourth-order valence-corrected chi connectivity index (χ4v) is 3.72. The SMILES string of the molecule is CCCN(Cc1ccccn1)C(=O)C1CCC(=O)N(CCc2ccccc2)C1. The van der Waals surface area contributed by atoms with E-state index in [1.165, 1.54) is 5.56 Å². The highest BCUT2D eigenvalue weighted by atomic mass is 16.2. The number of hydrogen-bond donors (Lipinski definition) is 0. The molecule has 0 bridgehead atoms. The molecule has 0 N–H and O–H groups in total. The number of benzene rings is 1. The third-order valence-electron chi connectivity index (χ3n) is 5.25. The highest BCUT2D eigenvalue weighted by Crippen LogP contribution is 2.21. The number of hydrogen-bond acceptors (Lipinski definition) is 3. The van der Waals surface area contributed by atoms with E-state index in [1.807, 2.05) is 46.2 Å². The van der Waals surface area contributed by atoms with Gasteiger partial charge in [-0.1, -0.05) is 43.3 Å². The van der Waals surface area contributed by atoms with E-state index in [4.69, 9.17) is 0 Å². The van der Waals surface area contributed by atoms with Crippen molar-refractivity contribution < 1.29 is 9.59 Å². The van der Waals surface area contributed by atoms with E-state index in [9.17, 15) is 9.59 Å². The lowest BCUT2D eigenvalue weighted by molar-refractivity contribution is -0.143. The van der Waals surface area contributed by atoms with Crippen LogP contribution in [0.3, 0.4) is 0 Å². The maximum absolute atomic E-state index is 13.2. The molecule has 0 aliphatic carbocycles. The molecule has 3 rings (SSSR count). The van der Waals surface area contributed by atoms with Crippen LogP contribution < -0.4 is 0 Å². The van der Waals surface area contributed by atoms with Crippen LogP contribution in [0.4, 0.5) is 0 Å². The summed E-state index contributed by atoms with van der Waals surface area (Å²) in [6.45, 7) is 4.51. The van der Waals surface area contributed by atoms with Gasteiger partial charge in [-0.25, -0.2) is 0 Å². The summed E-state index contributed by atoms with van der Waals surface area (Å²) >= 11 is 0. The van der Waals surface area contributed by atoms with Crippen LogP contribution in [0.1, 0.15) is 37.4 Å². The molecule has 2 heterocycles. The van der Waals surface area contributed by atoms with Crippen LogP contribution in [0.2, 0.25) is 0 Å². The second-order valence-corrected chi connectivity index (χ2v) is 7.39. The van der Waals surface area contributed by atoms with Crippen molar-refractivity contribution in [3.05, 3.63) is 66.0 Å². The number of carbonyl (C=O) groups is 2. The predicted octanol–water partition coefficient (Wildman–Crippen LogP) is 3.30. The molecule has 1 saturated heterocycles. The fraction of sp³-hybridized carbons (Fsp3) is 0.435. The average Bonchev–Trinajstić information content (AvgIpc) is 2.74. The van der Waals surface area contributed by atoms with Gasteiger partial charge in [-0.15, -0.1) is 0 Å². The van der Waals surface area contributed by atoms with Gasteiger partial charge in [0.15, 0.2) is 0 Å². The van der Waals surface area contributed by atoms with Gasteiger partial charge in [-0.2, -0.15) is 0 Å². The Morgan fingerprint density at radius 1 is 1.18 bits per heavy atom. The van der Waals surface area contributed by atoms with E-state index < -0.39 is 0 Å². The second-order valence-electron chi connectivity index (χ2n) is 7.39. The summed E-state index contributed by atoms with van der Waals surface area (Å²) in [5.74, 6) is 0.181. The summed E-state index contributed by atoms with van der Waals surface area (Å²) in [4.78, 5) is 33.7. The lowest BCUT2D eigenvalue weighted by Gasteiger charge is -2.35. The number of likely N-dealkylation sites (tertiary alicyclic amines) is 1. The Bertz CT molecular complexity index is 764. The molecule has 28 heavy (non-hydrogen) atoms. The Balaban J connectivity index is 1.61. The molecule has 1 aliphatic rings. The van der Waals surface area contributed by atoms with E-state index in [0.29, 0.717) is 39.0 Å². The molecule has 148 valence electrons. The maximum atomic E-state index is 13.2. The van der Waals surface area contributed by atoms with Crippen LogP contribution in [-0.2, 0) is 22.6 Å². The third-order valence-corrected chi connectivity index (χ3v) is 5.25. The van der Waals surface area contributed by atoms with E-state index in [1.54, 1.807) is 6.20 Å². The van der Waals surface area contributed by atoms with Crippen LogP contribution >= 0.6 is 0 Å². The first-order chi connectivity index (χ1) is 13.7. The summed E-state index contributed by atoms with van der Waals surface area (Å²) in [6, 6.07) is 16.0. The minimum Gasteiger partial charge on any atom is -0.342 e. The van der Waals surface area contributed by atoms with E-state index >= 15 is 0 Å². The molecule has 1 unspecified atom stereocenters. The van der Waals surface area contributed by atoms with Gasteiger partial charge in [0, 0.05) is 32.3 Å². The number of aromatic nitrogens is 1. The van der Waals surface area contributed by atoms with Gasteiger partial charge in [0.1, 0.15) is 0 Å². The number of nitrogens with zero attached hydrogens (tertiary/aromatic N) is 3. The van der Waals surface area contributed by atoms with E-state index in [-0.39, 0.29) is 17.7 Å². The molecule has 1 aromatic carbocycles. The van der Waals surface area contributed by atoms with Crippen LogP contribution in [0, 0.1) is 5.92 Å². The average molecular weight is 380 g/mol. The summed E-state index contributed by atoms with van der Waals surface area (Å²) in [7, 11) is 0. The number of piperidine rings is 1. The first-order valence-electron chi connectivity index (χ1n) is 10.2. The second kappa shape index (κ2) is 10.0. The van der Waals surface area contributed by atoms with Gasteiger partial charge in [0.25, 0.3) is 0 Å². The minimum absolute atomic E-state index is 0.122. The molecule has 2 aromatic rings. The van der Waals surface area contributed by atoms with Gasteiger partial charge in [0.2, 0.25) is 11.8 Å². The van der Waals surface area contributed by atoms with Crippen molar-refractivity contribution in [2.24, 2.45) is 5.92 Å². The molecular formula is C23H29N3O2. The Labute approximate surface area is 167 Å². The number of amides is 2. The van der Waals surface area contributed by atoms with Crippen LogP contribution in [0.25, 0.3) is 0 Å².